The molecule has 2 aliphatic carbocycles. The highest BCUT2D eigenvalue weighted by atomic mass is 16.3. The van der Waals surface area contributed by atoms with E-state index in [2.05, 4.69) is 219 Å². The Morgan fingerprint density at radius 3 is 1.43 bits per heavy atom. The maximum absolute atomic E-state index is 6.36. The van der Waals surface area contributed by atoms with Crippen molar-refractivity contribution in [1.29, 1.82) is 0 Å². The van der Waals surface area contributed by atoms with Crippen molar-refractivity contribution in [2.24, 2.45) is 0 Å². The van der Waals surface area contributed by atoms with Crippen LogP contribution in [-0.2, 0) is 10.8 Å². The number of rotatable bonds is 6. The zero-order valence-corrected chi connectivity index (χ0v) is 33.6. The van der Waals surface area contributed by atoms with E-state index < -0.39 is 0 Å². The minimum Gasteiger partial charge on any atom is -0.456 e. The van der Waals surface area contributed by atoms with E-state index in [0.29, 0.717) is 0 Å². The molecule has 12 rings (SSSR count). The molecule has 0 aliphatic heterocycles. The van der Waals surface area contributed by atoms with Gasteiger partial charge in [0.1, 0.15) is 11.2 Å². The largest absolute Gasteiger partial charge is 0.456 e. The van der Waals surface area contributed by atoms with E-state index in [1.165, 1.54) is 55.6 Å². The lowest BCUT2D eigenvalue weighted by molar-refractivity contribution is 0.669. The van der Waals surface area contributed by atoms with Gasteiger partial charge in [-0.2, -0.15) is 0 Å². The van der Waals surface area contributed by atoms with Gasteiger partial charge in [-0.05, 0) is 135 Å². The SMILES string of the molecule is CC1(c2ccccc2)c2ccccc2-c2cc(N(c3cccc(-c4ccc5c(c4)oc4ccccc45)c3)c3ccc4c(c3)-c3ccccc3C4(C)c3ccccc3)ccc21. The van der Waals surface area contributed by atoms with Crippen LogP contribution in [0.25, 0.3) is 55.3 Å². The standard InChI is InChI=1S/C58H41NO/c1-57(40-17-5-3-6-18-40)51-25-12-9-22-45(51)49-36-43(29-32-53(49)57)59(42-21-15-16-38(34-42)39-28-31-48-47-24-11-14-27-55(47)60-56(48)35-39)44-30-33-54-50(37-44)46-23-10-13-26-52(46)58(54,2)41-19-7-4-8-20-41/h3-37H,1-2H3. The minimum absolute atomic E-state index is 0.273. The second kappa shape index (κ2) is 13.0. The van der Waals surface area contributed by atoms with Crippen LogP contribution >= 0.6 is 0 Å². The van der Waals surface area contributed by atoms with E-state index in [1.807, 2.05) is 12.1 Å². The molecule has 2 nitrogen and oxygen atoms in total. The highest BCUT2D eigenvalue weighted by Gasteiger charge is 2.42. The second-order valence-corrected chi connectivity index (χ2v) is 16.7. The number of para-hydroxylation sites is 1. The summed E-state index contributed by atoms with van der Waals surface area (Å²) in [5.41, 5.74) is 19.9. The van der Waals surface area contributed by atoms with Crippen molar-refractivity contribution in [3.8, 4) is 33.4 Å². The summed E-state index contributed by atoms with van der Waals surface area (Å²) in [5.74, 6) is 0. The number of nitrogens with zero attached hydrogens (tertiary/aromatic N) is 1. The Labute approximate surface area is 350 Å². The summed E-state index contributed by atoms with van der Waals surface area (Å²) in [6.07, 6.45) is 0. The van der Waals surface area contributed by atoms with Crippen molar-refractivity contribution in [3.05, 3.63) is 246 Å². The van der Waals surface area contributed by atoms with Crippen molar-refractivity contribution < 1.29 is 4.42 Å². The Morgan fingerprint density at radius 1 is 0.333 bits per heavy atom. The van der Waals surface area contributed by atoms with Gasteiger partial charge in [0.05, 0.1) is 0 Å². The highest BCUT2D eigenvalue weighted by Crippen LogP contribution is 2.56. The van der Waals surface area contributed by atoms with Gasteiger partial charge in [-0.1, -0.05) is 158 Å². The average molecular weight is 768 g/mol. The first-order valence-electron chi connectivity index (χ1n) is 20.9. The fourth-order valence-electron chi connectivity index (χ4n) is 10.6. The van der Waals surface area contributed by atoms with Gasteiger partial charge in [-0.3, -0.25) is 0 Å². The summed E-state index contributed by atoms with van der Waals surface area (Å²) in [6.45, 7) is 4.77. The molecule has 2 heteroatoms. The Hall–Kier alpha value is -7.42. The number of benzene rings is 9. The quantitative estimate of drug-likeness (QED) is 0.168. The lowest BCUT2D eigenvalue weighted by Gasteiger charge is -2.31. The van der Waals surface area contributed by atoms with Crippen LogP contribution in [0.15, 0.2) is 217 Å². The summed E-state index contributed by atoms with van der Waals surface area (Å²) in [6, 6.07) is 77.9. The smallest absolute Gasteiger partial charge is 0.136 e. The molecule has 284 valence electrons. The molecule has 60 heavy (non-hydrogen) atoms. The summed E-state index contributed by atoms with van der Waals surface area (Å²) in [4.78, 5) is 2.45. The predicted molar refractivity (Wildman–Crippen MR) is 249 cm³/mol. The third-order valence-corrected chi connectivity index (χ3v) is 13.6. The maximum atomic E-state index is 6.36. The van der Waals surface area contributed by atoms with E-state index >= 15 is 0 Å². The molecule has 0 bridgehead atoms. The Balaban J connectivity index is 1.06. The first kappa shape index (κ1) is 34.6. The Kier molecular flexibility index (Phi) is 7.52. The molecule has 0 radical (unpaired) electrons. The summed E-state index contributed by atoms with van der Waals surface area (Å²) < 4.78 is 6.36. The molecule has 0 fully saturated rings. The van der Waals surface area contributed by atoms with E-state index in [1.54, 1.807) is 0 Å². The second-order valence-electron chi connectivity index (χ2n) is 16.7. The molecule has 0 saturated heterocycles. The van der Waals surface area contributed by atoms with Crippen molar-refractivity contribution in [2.75, 3.05) is 4.90 Å². The monoisotopic (exact) mass is 767 g/mol. The van der Waals surface area contributed by atoms with Crippen LogP contribution in [0.2, 0.25) is 0 Å². The topological polar surface area (TPSA) is 16.4 Å². The van der Waals surface area contributed by atoms with Crippen LogP contribution in [0.3, 0.4) is 0 Å². The van der Waals surface area contributed by atoms with E-state index in [0.717, 1.165) is 50.1 Å². The molecule has 0 amide bonds. The van der Waals surface area contributed by atoms with Crippen molar-refractivity contribution >= 4 is 39.0 Å². The van der Waals surface area contributed by atoms with E-state index in [-0.39, 0.29) is 10.8 Å². The molecule has 10 aromatic rings. The van der Waals surface area contributed by atoms with Crippen LogP contribution in [-0.4, -0.2) is 0 Å². The number of furan rings is 1. The number of fused-ring (bicyclic) bond motifs is 9. The van der Waals surface area contributed by atoms with Crippen molar-refractivity contribution in [3.63, 3.8) is 0 Å². The zero-order chi connectivity index (χ0) is 40.0. The van der Waals surface area contributed by atoms with Gasteiger partial charge in [0.15, 0.2) is 0 Å². The lowest BCUT2D eigenvalue weighted by atomic mass is 9.74. The molecular formula is C58H41NO. The van der Waals surface area contributed by atoms with Gasteiger partial charge in [0.25, 0.3) is 0 Å². The fraction of sp³-hybridized carbons (Fsp3) is 0.0690. The first-order valence-corrected chi connectivity index (χ1v) is 20.9. The first-order chi connectivity index (χ1) is 29.5. The highest BCUT2D eigenvalue weighted by molar-refractivity contribution is 6.06. The van der Waals surface area contributed by atoms with Crippen LogP contribution in [0, 0.1) is 0 Å². The summed E-state index contributed by atoms with van der Waals surface area (Å²) in [5, 5.41) is 2.27. The normalized spacial score (nSPS) is 17.3. The number of hydrogen-bond donors (Lipinski definition) is 0. The molecule has 2 atom stereocenters. The van der Waals surface area contributed by atoms with Crippen LogP contribution < -0.4 is 4.90 Å². The summed E-state index contributed by atoms with van der Waals surface area (Å²) >= 11 is 0. The molecule has 1 aromatic heterocycles. The summed E-state index contributed by atoms with van der Waals surface area (Å²) in [7, 11) is 0. The third kappa shape index (κ3) is 4.94. The molecule has 9 aromatic carbocycles. The van der Waals surface area contributed by atoms with Gasteiger partial charge in [-0.15, -0.1) is 0 Å². The van der Waals surface area contributed by atoms with Crippen LogP contribution in [0.4, 0.5) is 17.1 Å². The number of anilines is 3. The maximum Gasteiger partial charge on any atom is 0.136 e. The molecule has 0 N–H and O–H groups in total. The van der Waals surface area contributed by atoms with Gasteiger partial charge in [0, 0.05) is 38.7 Å². The zero-order valence-electron chi connectivity index (χ0n) is 33.6. The van der Waals surface area contributed by atoms with E-state index in [9.17, 15) is 0 Å². The molecule has 0 saturated carbocycles. The fourth-order valence-corrected chi connectivity index (χ4v) is 10.6. The van der Waals surface area contributed by atoms with Gasteiger partial charge in [-0.25, -0.2) is 0 Å². The lowest BCUT2D eigenvalue weighted by Crippen LogP contribution is -2.22. The molecule has 2 unspecified atom stereocenters. The third-order valence-electron chi connectivity index (χ3n) is 13.6. The average Bonchev–Trinajstić information content (AvgIpc) is 3.91. The predicted octanol–water partition coefficient (Wildman–Crippen LogP) is 15.4. The van der Waals surface area contributed by atoms with Crippen LogP contribution in [0.1, 0.15) is 47.2 Å². The molecular weight excluding hydrogens is 727 g/mol. The van der Waals surface area contributed by atoms with Crippen molar-refractivity contribution in [2.45, 2.75) is 24.7 Å². The van der Waals surface area contributed by atoms with Gasteiger partial charge >= 0.3 is 0 Å². The minimum atomic E-state index is -0.273. The van der Waals surface area contributed by atoms with E-state index in [4.69, 9.17) is 4.42 Å². The Morgan fingerprint density at radius 2 is 0.817 bits per heavy atom. The molecule has 0 spiro atoms. The molecule has 2 aliphatic rings. The van der Waals surface area contributed by atoms with Crippen molar-refractivity contribution in [1.82, 2.24) is 0 Å². The number of hydrogen-bond acceptors (Lipinski definition) is 2. The van der Waals surface area contributed by atoms with Gasteiger partial charge < -0.3 is 9.32 Å². The Bertz CT molecular complexity index is 3160. The van der Waals surface area contributed by atoms with Gasteiger partial charge in [0.2, 0.25) is 0 Å². The molecule has 1 heterocycles. The van der Waals surface area contributed by atoms with Crippen LogP contribution in [0.5, 0.6) is 0 Å².